The summed E-state index contributed by atoms with van der Waals surface area (Å²) in [6.45, 7) is 10.8. The quantitative estimate of drug-likeness (QED) is 0.0909. The Morgan fingerprint density at radius 2 is 1.21 bits per heavy atom. The Labute approximate surface area is 479 Å². The van der Waals surface area contributed by atoms with Crippen LogP contribution in [0.15, 0.2) is 60.9 Å². The van der Waals surface area contributed by atoms with Gasteiger partial charge in [-0.1, -0.05) is 43.6 Å². The third kappa shape index (κ3) is 9.55. The van der Waals surface area contributed by atoms with Crippen molar-refractivity contribution < 1.29 is 32.9 Å². The molecule has 3 aromatic carbocycles. The zero-order chi connectivity index (χ0) is 56.0. The van der Waals surface area contributed by atoms with E-state index >= 15 is 8.78 Å². The van der Waals surface area contributed by atoms with Crippen LogP contribution in [-0.4, -0.2) is 157 Å². The normalized spacial score (nSPS) is 25.6. The van der Waals surface area contributed by atoms with Gasteiger partial charge < -0.3 is 40.1 Å². The second-order valence-electron chi connectivity index (χ2n) is 24.7. The number of alkyl halides is 1. The van der Waals surface area contributed by atoms with E-state index in [1.54, 1.807) is 42.7 Å². The highest BCUT2D eigenvalue weighted by Gasteiger charge is 2.50. The predicted octanol–water partition coefficient (Wildman–Crippen LogP) is 10.2. The number of hydrogen-bond acceptors (Lipinski definition) is 16. The number of nitrogens with zero attached hydrogens (tertiary/aromatic N) is 10. The fourth-order valence-corrected chi connectivity index (χ4v) is 15.7. The Morgan fingerprint density at radius 3 is 1.79 bits per heavy atom. The van der Waals surface area contributed by atoms with Gasteiger partial charge >= 0.3 is 12.0 Å². The highest BCUT2D eigenvalue weighted by Crippen LogP contribution is 2.45. The van der Waals surface area contributed by atoms with Crippen LogP contribution in [0, 0.1) is 11.6 Å². The maximum atomic E-state index is 16.7. The number of anilines is 2. The number of hydrogen-bond donors (Lipinski definition) is 4. The van der Waals surface area contributed by atoms with Crippen LogP contribution < -0.4 is 29.9 Å². The Hall–Kier alpha value is -6.38. The topological polar surface area (TPSA) is 173 Å². The first-order valence-corrected chi connectivity index (χ1v) is 30.0. The average Bonchev–Trinajstić information content (AvgIpc) is 4.45. The van der Waals surface area contributed by atoms with E-state index < -0.39 is 11.6 Å². The molecule has 0 radical (unpaired) electrons. The molecule has 0 aliphatic carbocycles. The number of phenolic OH excluding ortho intramolecular Hbond substituents is 2. The molecule has 6 unspecified atom stereocenters. The highest BCUT2D eigenvalue weighted by molar-refractivity contribution is 6.36. The molecule has 6 atom stereocenters. The van der Waals surface area contributed by atoms with Crippen molar-refractivity contribution in [1.29, 1.82) is 0 Å². The van der Waals surface area contributed by atoms with Crippen molar-refractivity contribution in [3.63, 3.8) is 0 Å². The molecule has 0 saturated carbocycles. The van der Waals surface area contributed by atoms with Crippen LogP contribution in [0.3, 0.4) is 0 Å². The van der Waals surface area contributed by atoms with Crippen LogP contribution in [0.1, 0.15) is 102 Å². The fraction of sp³-hybridized carbons (Fsp3) is 0.516. The molecule has 15 rings (SSSR count). The third-order valence-corrected chi connectivity index (χ3v) is 19.7. The molecule has 4 N–H and O–H groups in total. The van der Waals surface area contributed by atoms with E-state index in [2.05, 4.69) is 64.0 Å². The van der Waals surface area contributed by atoms with Crippen LogP contribution >= 0.6 is 11.6 Å². The number of fused-ring (bicyclic) bond motifs is 9. The maximum absolute atomic E-state index is 16.7. The van der Waals surface area contributed by atoms with Gasteiger partial charge in [0.25, 0.3) is 0 Å². The van der Waals surface area contributed by atoms with Gasteiger partial charge in [0.05, 0.1) is 21.9 Å². The molecule has 20 heteroatoms. The lowest BCUT2D eigenvalue weighted by Crippen LogP contribution is -2.51. The van der Waals surface area contributed by atoms with Gasteiger partial charge in [-0.05, 0) is 144 Å². The second kappa shape index (κ2) is 21.4. The first-order valence-electron chi connectivity index (χ1n) is 29.7. The van der Waals surface area contributed by atoms with Gasteiger partial charge in [-0.2, -0.15) is 19.9 Å². The van der Waals surface area contributed by atoms with Gasteiger partial charge in [-0.15, -0.1) is 0 Å². The molecule has 0 amide bonds. The van der Waals surface area contributed by atoms with Gasteiger partial charge in [0.2, 0.25) is 0 Å². The molecular formula is C62H70ClF3N12O4. The molecule has 0 spiro atoms. The number of pyridine rings is 2. The summed E-state index contributed by atoms with van der Waals surface area (Å²) in [6, 6.07) is 15.2. The molecule has 8 aliphatic heterocycles. The van der Waals surface area contributed by atoms with Crippen molar-refractivity contribution in [2.24, 2.45) is 0 Å². The molecule has 8 fully saturated rings. The summed E-state index contributed by atoms with van der Waals surface area (Å²) in [6.07, 6.45) is 15.9. The van der Waals surface area contributed by atoms with E-state index in [0.717, 1.165) is 116 Å². The summed E-state index contributed by atoms with van der Waals surface area (Å²) in [4.78, 5) is 37.4. The Kier molecular flexibility index (Phi) is 14.0. The molecule has 12 heterocycles. The number of halogens is 4. The number of aromatic hydroxyl groups is 2. The number of benzene rings is 3. The Bertz CT molecular complexity index is 3590. The van der Waals surface area contributed by atoms with Crippen molar-refractivity contribution in [2.75, 3.05) is 75.5 Å². The molecule has 82 heavy (non-hydrogen) atoms. The number of piperazine rings is 2. The SMILES string of the molecule is CC(C)c1ccc(O)cc1-c1ncc2c(N3CC4CCC(C3)N4)nc(OCC34CCCN3CCC4)nc2c1F.Oc1cc(-c2ncc3c(N4CC5CCC(C4)N5)nc(OCC45CCCN4C(CF)CC5)nc3c2F)c2c(Cl)cccc2c1. The molecular weight excluding hydrogens is 1070 g/mol. The lowest BCUT2D eigenvalue weighted by atomic mass is 9.94. The zero-order valence-electron chi connectivity index (χ0n) is 46.5. The summed E-state index contributed by atoms with van der Waals surface area (Å²) in [5, 5.41) is 30.8. The first-order chi connectivity index (χ1) is 39.8. The number of nitrogens with one attached hydrogen (secondary N) is 2. The van der Waals surface area contributed by atoms with Gasteiger partial charge in [-0.3, -0.25) is 19.8 Å². The Balaban J connectivity index is 0.000000147. The lowest BCUT2D eigenvalue weighted by molar-refractivity contribution is 0.0772. The van der Waals surface area contributed by atoms with Crippen LogP contribution in [0.4, 0.5) is 24.8 Å². The van der Waals surface area contributed by atoms with Crippen molar-refractivity contribution in [2.45, 2.75) is 138 Å². The van der Waals surface area contributed by atoms with Gasteiger partial charge in [0.15, 0.2) is 11.6 Å². The summed E-state index contributed by atoms with van der Waals surface area (Å²) in [7, 11) is 0. The minimum atomic E-state index is -0.630. The van der Waals surface area contributed by atoms with Gasteiger partial charge in [0.1, 0.15) is 65.4 Å². The average molecular weight is 1140 g/mol. The van der Waals surface area contributed by atoms with E-state index in [1.807, 2.05) is 12.1 Å². The van der Waals surface area contributed by atoms with Gasteiger partial charge in [0, 0.05) is 90.3 Å². The van der Waals surface area contributed by atoms with Gasteiger partial charge in [-0.25, -0.2) is 13.2 Å². The van der Waals surface area contributed by atoms with Crippen LogP contribution in [0.25, 0.3) is 55.1 Å². The number of ether oxygens (including phenoxy) is 2. The molecule has 430 valence electrons. The predicted molar refractivity (Wildman–Crippen MR) is 311 cm³/mol. The van der Waals surface area contributed by atoms with E-state index in [1.165, 1.54) is 18.9 Å². The number of rotatable bonds is 12. The van der Waals surface area contributed by atoms with E-state index in [9.17, 15) is 14.6 Å². The third-order valence-electron chi connectivity index (χ3n) is 19.4. The zero-order valence-corrected chi connectivity index (χ0v) is 47.2. The van der Waals surface area contributed by atoms with Crippen LogP contribution in [0.2, 0.25) is 5.02 Å². The van der Waals surface area contributed by atoms with Crippen LogP contribution in [0.5, 0.6) is 23.5 Å². The highest BCUT2D eigenvalue weighted by atomic mass is 35.5. The molecule has 8 aliphatic rings. The molecule has 7 aromatic rings. The number of phenols is 2. The summed E-state index contributed by atoms with van der Waals surface area (Å²) in [5.41, 5.74) is 2.23. The summed E-state index contributed by atoms with van der Waals surface area (Å²) < 4.78 is 59.6. The monoisotopic (exact) mass is 1140 g/mol. The summed E-state index contributed by atoms with van der Waals surface area (Å²) >= 11 is 6.57. The summed E-state index contributed by atoms with van der Waals surface area (Å²) in [5.74, 6) is 0.355. The molecule has 8 saturated heterocycles. The van der Waals surface area contributed by atoms with Crippen molar-refractivity contribution in [3.05, 3.63) is 83.1 Å². The number of aromatic nitrogens is 6. The smallest absolute Gasteiger partial charge is 0.319 e. The molecule has 4 bridgehead atoms. The Morgan fingerprint density at radius 1 is 0.659 bits per heavy atom. The van der Waals surface area contributed by atoms with Crippen molar-refractivity contribution >= 4 is 55.8 Å². The maximum Gasteiger partial charge on any atom is 0.319 e. The first kappa shape index (κ1) is 53.6. The van der Waals surface area contributed by atoms with Crippen molar-refractivity contribution in [3.8, 4) is 46.0 Å². The second-order valence-corrected chi connectivity index (χ2v) is 25.1. The molecule has 16 nitrogen and oxygen atoms in total. The largest absolute Gasteiger partial charge is 0.508 e. The van der Waals surface area contributed by atoms with E-state index in [4.69, 9.17) is 31.0 Å². The lowest BCUT2D eigenvalue weighted by Gasteiger charge is -2.35. The fourth-order valence-electron chi connectivity index (χ4n) is 15.4. The van der Waals surface area contributed by atoms with Crippen LogP contribution in [-0.2, 0) is 0 Å². The van der Waals surface area contributed by atoms with Crippen molar-refractivity contribution in [1.82, 2.24) is 50.3 Å². The standard InChI is InChI=1S/C32H33ClF2N6O2.C30H37FN6O2/c33-25-4-1-3-18-11-22(42)12-23(26(18)25)28-27(35)29-24(14-36-28)30(40-15-19-5-6-20(16-40)37-19)39-31(38-29)43-17-32-8-2-10-41(32)21(13-34)7-9-32;1-18(2)22-8-7-21(38)13-23(22)26-25(31)27-24(14-32-26)28(36-15-19-5-6-20(16-36)33-19)35-29(34-27)39-17-30-9-3-11-37(30)12-4-10-30/h1,3-4,11-12,14,19-21,37,42H,2,5-10,13,15-17H2;7-8,13-14,18-20,33,38H,3-6,9-12,15-17H2,1-2H3. The minimum absolute atomic E-state index is 0.0155. The minimum Gasteiger partial charge on any atom is -0.508 e. The van der Waals surface area contributed by atoms with E-state index in [-0.39, 0.29) is 75.7 Å². The van der Waals surface area contributed by atoms with E-state index in [0.29, 0.717) is 86.7 Å². The molecule has 4 aromatic heterocycles.